The smallest absolute Gasteiger partial charge is 0.307 e. The molecule has 0 unspecified atom stereocenters. The maximum absolute atomic E-state index is 10.8. The van der Waals surface area contributed by atoms with E-state index in [1.807, 2.05) is 44.2 Å². The van der Waals surface area contributed by atoms with Gasteiger partial charge in [-0.25, -0.2) is 9.97 Å². The van der Waals surface area contributed by atoms with Gasteiger partial charge in [0, 0.05) is 23.4 Å². The Kier molecular flexibility index (Phi) is 3.90. The van der Waals surface area contributed by atoms with E-state index in [4.69, 9.17) is 5.11 Å². The highest BCUT2D eigenvalue weighted by Crippen LogP contribution is 2.13. The van der Waals surface area contributed by atoms with Gasteiger partial charge in [0.1, 0.15) is 5.82 Å². The van der Waals surface area contributed by atoms with Crippen LogP contribution in [0, 0.1) is 13.8 Å². The van der Waals surface area contributed by atoms with E-state index in [9.17, 15) is 4.79 Å². The van der Waals surface area contributed by atoms with Crippen molar-refractivity contribution in [1.29, 1.82) is 0 Å². The average molecular weight is 256 g/mol. The predicted molar refractivity (Wildman–Crippen MR) is 72.1 cm³/mol. The van der Waals surface area contributed by atoms with Crippen LogP contribution in [0.2, 0.25) is 0 Å². The van der Waals surface area contributed by atoms with Crippen molar-refractivity contribution in [1.82, 2.24) is 9.97 Å². The second-order valence-corrected chi connectivity index (χ2v) is 4.52. The quantitative estimate of drug-likeness (QED) is 0.911. The van der Waals surface area contributed by atoms with Gasteiger partial charge >= 0.3 is 5.97 Å². The molecule has 1 heterocycles. The molecule has 0 atom stereocenters. The zero-order valence-corrected chi connectivity index (χ0v) is 11.1. The lowest BCUT2D eigenvalue weighted by molar-refractivity contribution is -0.136. The molecule has 4 heteroatoms. The highest BCUT2D eigenvalue weighted by atomic mass is 16.4. The van der Waals surface area contributed by atoms with Gasteiger partial charge in [-0.1, -0.05) is 30.3 Å². The second kappa shape index (κ2) is 5.61. The Morgan fingerprint density at radius 3 is 2.21 bits per heavy atom. The lowest BCUT2D eigenvalue weighted by atomic mass is 10.1. The number of carboxylic acids is 1. The van der Waals surface area contributed by atoms with Gasteiger partial charge in [0.25, 0.3) is 0 Å². The lowest BCUT2D eigenvalue weighted by Crippen LogP contribution is -2.10. The van der Waals surface area contributed by atoms with Crippen LogP contribution < -0.4 is 0 Å². The zero-order valence-electron chi connectivity index (χ0n) is 11.1. The fourth-order valence-electron chi connectivity index (χ4n) is 2.07. The first-order chi connectivity index (χ1) is 9.06. The van der Waals surface area contributed by atoms with E-state index in [-0.39, 0.29) is 6.42 Å². The summed E-state index contributed by atoms with van der Waals surface area (Å²) >= 11 is 0. The molecule has 0 aliphatic rings. The highest BCUT2D eigenvalue weighted by molar-refractivity contribution is 5.70. The third kappa shape index (κ3) is 3.37. The topological polar surface area (TPSA) is 63.1 Å². The van der Waals surface area contributed by atoms with Gasteiger partial charge in [0.15, 0.2) is 0 Å². The minimum Gasteiger partial charge on any atom is -0.481 e. The first-order valence-corrected chi connectivity index (χ1v) is 6.15. The van der Waals surface area contributed by atoms with Crippen molar-refractivity contribution in [2.24, 2.45) is 0 Å². The number of carboxylic acid groups (broad SMARTS) is 1. The van der Waals surface area contributed by atoms with Crippen molar-refractivity contribution in [3.05, 3.63) is 58.7 Å². The lowest BCUT2D eigenvalue weighted by Gasteiger charge is -2.09. The number of aromatic nitrogens is 2. The molecule has 1 aromatic heterocycles. The molecule has 4 nitrogen and oxygen atoms in total. The van der Waals surface area contributed by atoms with Gasteiger partial charge < -0.3 is 5.11 Å². The minimum absolute atomic E-state index is 0.0245. The summed E-state index contributed by atoms with van der Waals surface area (Å²) in [4.78, 5) is 19.6. The molecule has 0 saturated carbocycles. The minimum atomic E-state index is -0.856. The summed E-state index contributed by atoms with van der Waals surface area (Å²) in [5.41, 5.74) is 3.36. The zero-order chi connectivity index (χ0) is 13.8. The van der Waals surface area contributed by atoms with Crippen LogP contribution >= 0.6 is 0 Å². The second-order valence-electron chi connectivity index (χ2n) is 4.52. The Balaban J connectivity index is 2.27. The summed E-state index contributed by atoms with van der Waals surface area (Å²) in [6.45, 7) is 3.67. The maximum atomic E-state index is 10.8. The van der Waals surface area contributed by atoms with Gasteiger partial charge in [0.2, 0.25) is 0 Å². The largest absolute Gasteiger partial charge is 0.481 e. The van der Waals surface area contributed by atoms with Crippen LogP contribution in [0.1, 0.15) is 28.3 Å². The van der Waals surface area contributed by atoms with Crippen molar-refractivity contribution < 1.29 is 9.90 Å². The van der Waals surface area contributed by atoms with Gasteiger partial charge in [-0.3, -0.25) is 4.79 Å². The molecule has 0 aliphatic carbocycles. The number of aryl methyl sites for hydroxylation is 2. The van der Waals surface area contributed by atoms with Gasteiger partial charge in [0.05, 0.1) is 6.42 Å². The van der Waals surface area contributed by atoms with E-state index in [1.54, 1.807) is 0 Å². The van der Waals surface area contributed by atoms with Crippen LogP contribution in [-0.4, -0.2) is 21.0 Å². The molecule has 0 radical (unpaired) electrons. The molecule has 0 aliphatic heterocycles. The molecular formula is C15H16N2O2. The van der Waals surface area contributed by atoms with Crippen LogP contribution in [0.3, 0.4) is 0 Å². The molecule has 98 valence electrons. The van der Waals surface area contributed by atoms with Crippen molar-refractivity contribution in [2.45, 2.75) is 26.7 Å². The fourth-order valence-corrected chi connectivity index (χ4v) is 2.07. The summed E-state index contributed by atoms with van der Waals surface area (Å²) in [5, 5.41) is 8.86. The normalized spacial score (nSPS) is 10.4. The first-order valence-electron chi connectivity index (χ1n) is 6.15. The Hall–Kier alpha value is -2.23. The van der Waals surface area contributed by atoms with Crippen molar-refractivity contribution >= 4 is 5.97 Å². The first kappa shape index (κ1) is 13.2. The maximum Gasteiger partial charge on any atom is 0.307 e. The standard InChI is InChI=1S/C15H16N2O2/c1-10-13(9-15(18)19)11(2)17-14(16-10)8-12-6-4-3-5-7-12/h3-7H,8-9H2,1-2H3,(H,18,19). The third-order valence-corrected chi connectivity index (χ3v) is 3.00. The molecule has 2 rings (SSSR count). The Bertz CT molecular complexity index is 571. The number of rotatable bonds is 4. The molecule has 0 fully saturated rings. The summed E-state index contributed by atoms with van der Waals surface area (Å²) in [5.74, 6) is -0.124. The van der Waals surface area contributed by atoms with Gasteiger partial charge in [-0.05, 0) is 19.4 Å². The molecular weight excluding hydrogens is 240 g/mol. The Morgan fingerprint density at radius 2 is 1.68 bits per heavy atom. The van der Waals surface area contributed by atoms with Gasteiger partial charge in [-0.2, -0.15) is 0 Å². The molecule has 2 aromatic rings. The molecule has 1 N–H and O–H groups in total. The predicted octanol–water partition coefficient (Wildman–Crippen LogP) is 2.31. The van der Waals surface area contributed by atoms with E-state index in [2.05, 4.69) is 9.97 Å². The van der Waals surface area contributed by atoms with Crippen LogP contribution in [-0.2, 0) is 17.6 Å². The van der Waals surface area contributed by atoms with E-state index in [1.165, 1.54) is 0 Å². The van der Waals surface area contributed by atoms with E-state index in [0.717, 1.165) is 22.8 Å². The van der Waals surface area contributed by atoms with Crippen LogP contribution in [0.15, 0.2) is 30.3 Å². The van der Waals surface area contributed by atoms with E-state index >= 15 is 0 Å². The average Bonchev–Trinajstić information content (AvgIpc) is 2.35. The van der Waals surface area contributed by atoms with Crippen LogP contribution in [0.25, 0.3) is 0 Å². The van der Waals surface area contributed by atoms with Crippen LogP contribution in [0.4, 0.5) is 0 Å². The Morgan fingerprint density at radius 1 is 1.11 bits per heavy atom. The summed E-state index contributed by atoms with van der Waals surface area (Å²) in [7, 11) is 0. The number of benzene rings is 1. The molecule has 0 amide bonds. The molecule has 19 heavy (non-hydrogen) atoms. The third-order valence-electron chi connectivity index (χ3n) is 3.00. The molecule has 1 aromatic carbocycles. The Labute approximate surface area is 112 Å². The molecule has 0 spiro atoms. The van der Waals surface area contributed by atoms with Crippen LogP contribution in [0.5, 0.6) is 0 Å². The number of carbonyl (C=O) groups is 1. The number of hydrogen-bond acceptors (Lipinski definition) is 3. The molecule has 0 bridgehead atoms. The fraction of sp³-hybridized carbons (Fsp3) is 0.267. The van der Waals surface area contributed by atoms with E-state index in [0.29, 0.717) is 12.0 Å². The van der Waals surface area contributed by atoms with E-state index < -0.39 is 5.97 Å². The number of nitrogens with zero attached hydrogens (tertiary/aromatic N) is 2. The SMILES string of the molecule is Cc1nc(Cc2ccccc2)nc(C)c1CC(=O)O. The summed E-state index contributed by atoms with van der Waals surface area (Å²) in [6.07, 6.45) is 0.638. The highest BCUT2D eigenvalue weighted by Gasteiger charge is 2.11. The number of hydrogen-bond donors (Lipinski definition) is 1. The van der Waals surface area contributed by atoms with Crippen molar-refractivity contribution in [2.75, 3.05) is 0 Å². The molecule has 0 saturated heterocycles. The van der Waals surface area contributed by atoms with Gasteiger partial charge in [-0.15, -0.1) is 0 Å². The van der Waals surface area contributed by atoms with Crippen molar-refractivity contribution in [3.63, 3.8) is 0 Å². The summed E-state index contributed by atoms with van der Waals surface area (Å²) in [6, 6.07) is 9.98. The van der Waals surface area contributed by atoms with Crippen molar-refractivity contribution in [3.8, 4) is 0 Å². The monoisotopic (exact) mass is 256 g/mol. The summed E-state index contributed by atoms with van der Waals surface area (Å²) < 4.78 is 0. The number of aliphatic carboxylic acids is 1.